The second-order valence-electron chi connectivity index (χ2n) is 3.66. The SMILES string of the molecule is NC1CCCC(C(=O)NOCCO)C1. The lowest BCUT2D eigenvalue weighted by atomic mass is 9.86. The van der Waals surface area contributed by atoms with Gasteiger partial charge in [-0.1, -0.05) is 6.42 Å². The first-order valence-corrected chi connectivity index (χ1v) is 5.02. The lowest BCUT2D eigenvalue weighted by molar-refractivity contribution is -0.139. The Balaban J connectivity index is 2.22. The van der Waals surface area contributed by atoms with Crippen LogP contribution < -0.4 is 11.2 Å². The Kier molecular flexibility index (Phi) is 4.86. The summed E-state index contributed by atoms with van der Waals surface area (Å²) >= 11 is 0. The topological polar surface area (TPSA) is 84.6 Å². The van der Waals surface area contributed by atoms with Crippen LogP contribution in [-0.4, -0.2) is 30.3 Å². The van der Waals surface area contributed by atoms with Gasteiger partial charge in [-0.15, -0.1) is 0 Å². The molecule has 0 saturated heterocycles. The van der Waals surface area contributed by atoms with E-state index >= 15 is 0 Å². The van der Waals surface area contributed by atoms with Crippen molar-refractivity contribution in [2.24, 2.45) is 11.7 Å². The van der Waals surface area contributed by atoms with E-state index in [1.54, 1.807) is 0 Å². The number of nitrogens with two attached hydrogens (primary N) is 1. The van der Waals surface area contributed by atoms with E-state index in [2.05, 4.69) is 5.48 Å². The molecule has 1 saturated carbocycles. The largest absolute Gasteiger partial charge is 0.394 e. The van der Waals surface area contributed by atoms with E-state index in [9.17, 15) is 4.79 Å². The van der Waals surface area contributed by atoms with Crippen LogP contribution >= 0.6 is 0 Å². The molecule has 1 aliphatic carbocycles. The number of carbonyl (C=O) groups is 1. The number of hydroxylamine groups is 1. The molecule has 0 heterocycles. The van der Waals surface area contributed by atoms with E-state index in [-0.39, 0.29) is 31.1 Å². The summed E-state index contributed by atoms with van der Waals surface area (Å²) < 4.78 is 0. The summed E-state index contributed by atoms with van der Waals surface area (Å²) in [4.78, 5) is 16.2. The molecule has 1 aliphatic rings. The number of rotatable bonds is 4. The van der Waals surface area contributed by atoms with Crippen LogP contribution in [0.3, 0.4) is 0 Å². The number of aliphatic hydroxyl groups excluding tert-OH is 1. The van der Waals surface area contributed by atoms with Gasteiger partial charge in [0.05, 0.1) is 13.2 Å². The smallest absolute Gasteiger partial charge is 0.246 e. The van der Waals surface area contributed by atoms with Gasteiger partial charge in [0.15, 0.2) is 0 Å². The quantitative estimate of drug-likeness (QED) is 0.425. The molecule has 4 N–H and O–H groups in total. The van der Waals surface area contributed by atoms with Gasteiger partial charge < -0.3 is 10.8 Å². The molecule has 5 heteroatoms. The van der Waals surface area contributed by atoms with Crippen molar-refractivity contribution in [2.45, 2.75) is 31.7 Å². The summed E-state index contributed by atoms with van der Waals surface area (Å²) in [5.41, 5.74) is 8.08. The van der Waals surface area contributed by atoms with Crippen molar-refractivity contribution < 1.29 is 14.7 Å². The first-order chi connectivity index (χ1) is 6.74. The Morgan fingerprint density at radius 1 is 1.57 bits per heavy atom. The number of aliphatic hydroxyl groups is 1. The molecule has 2 atom stereocenters. The van der Waals surface area contributed by atoms with Crippen molar-refractivity contribution in [3.8, 4) is 0 Å². The molecule has 1 fully saturated rings. The number of carbonyl (C=O) groups excluding carboxylic acids is 1. The predicted octanol–water partition coefficient (Wildman–Crippen LogP) is -0.456. The van der Waals surface area contributed by atoms with Gasteiger partial charge in [0, 0.05) is 12.0 Å². The molecule has 14 heavy (non-hydrogen) atoms. The highest BCUT2D eigenvalue weighted by Crippen LogP contribution is 2.22. The Morgan fingerprint density at radius 3 is 3.00 bits per heavy atom. The van der Waals surface area contributed by atoms with Crippen molar-refractivity contribution in [1.82, 2.24) is 5.48 Å². The summed E-state index contributed by atoms with van der Waals surface area (Å²) in [6, 6.07) is 0.136. The summed E-state index contributed by atoms with van der Waals surface area (Å²) in [6.45, 7) is 0.0367. The van der Waals surface area contributed by atoms with Crippen molar-refractivity contribution >= 4 is 5.91 Å². The van der Waals surface area contributed by atoms with Crippen LogP contribution in [0.4, 0.5) is 0 Å². The van der Waals surface area contributed by atoms with Crippen LogP contribution in [0.1, 0.15) is 25.7 Å². The van der Waals surface area contributed by atoms with Crippen molar-refractivity contribution in [3.63, 3.8) is 0 Å². The molecule has 0 bridgehead atoms. The predicted molar refractivity (Wildman–Crippen MR) is 51.1 cm³/mol. The highest BCUT2D eigenvalue weighted by Gasteiger charge is 2.25. The van der Waals surface area contributed by atoms with E-state index in [1.807, 2.05) is 0 Å². The number of nitrogens with one attached hydrogen (secondary N) is 1. The van der Waals surface area contributed by atoms with Crippen LogP contribution in [0, 0.1) is 5.92 Å². The van der Waals surface area contributed by atoms with Gasteiger partial charge in [0.1, 0.15) is 0 Å². The van der Waals surface area contributed by atoms with Gasteiger partial charge >= 0.3 is 0 Å². The van der Waals surface area contributed by atoms with Gasteiger partial charge in [-0.2, -0.15) is 0 Å². The molecule has 0 aromatic heterocycles. The molecule has 0 radical (unpaired) electrons. The molecule has 82 valence electrons. The number of hydrogen-bond acceptors (Lipinski definition) is 4. The molecule has 0 spiro atoms. The summed E-state index contributed by atoms with van der Waals surface area (Å²) in [5.74, 6) is -0.147. The fourth-order valence-electron chi connectivity index (χ4n) is 1.72. The fourth-order valence-corrected chi connectivity index (χ4v) is 1.72. The van der Waals surface area contributed by atoms with Crippen molar-refractivity contribution in [3.05, 3.63) is 0 Å². The summed E-state index contributed by atoms with van der Waals surface area (Å²) in [7, 11) is 0. The number of hydrogen-bond donors (Lipinski definition) is 3. The first-order valence-electron chi connectivity index (χ1n) is 5.02. The van der Waals surface area contributed by atoms with E-state index in [4.69, 9.17) is 15.7 Å². The highest BCUT2D eigenvalue weighted by molar-refractivity contribution is 5.77. The van der Waals surface area contributed by atoms with Gasteiger partial charge in [-0.25, -0.2) is 5.48 Å². The third-order valence-corrected chi connectivity index (χ3v) is 2.45. The lowest BCUT2D eigenvalue weighted by Gasteiger charge is -2.25. The monoisotopic (exact) mass is 202 g/mol. The second-order valence-corrected chi connectivity index (χ2v) is 3.66. The van der Waals surface area contributed by atoms with Crippen molar-refractivity contribution in [1.29, 1.82) is 0 Å². The second kappa shape index (κ2) is 5.95. The van der Waals surface area contributed by atoms with E-state index in [0.29, 0.717) is 0 Å². The first kappa shape index (κ1) is 11.4. The van der Waals surface area contributed by atoms with Crippen LogP contribution in [0.15, 0.2) is 0 Å². The zero-order valence-electron chi connectivity index (χ0n) is 8.24. The molecule has 0 aliphatic heterocycles. The Hall–Kier alpha value is -0.650. The minimum Gasteiger partial charge on any atom is -0.394 e. The van der Waals surface area contributed by atoms with Gasteiger partial charge in [-0.05, 0) is 19.3 Å². The van der Waals surface area contributed by atoms with Gasteiger partial charge in [0.2, 0.25) is 5.91 Å². The highest BCUT2D eigenvalue weighted by atomic mass is 16.7. The van der Waals surface area contributed by atoms with Crippen molar-refractivity contribution in [2.75, 3.05) is 13.2 Å². The minimum atomic E-state index is -0.117. The van der Waals surface area contributed by atoms with Crippen LogP contribution in [0.5, 0.6) is 0 Å². The zero-order chi connectivity index (χ0) is 10.4. The summed E-state index contributed by atoms with van der Waals surface area (Å²) in [5, 5.41) is 8.44. The molecule has 1 amide bonds. The van der Waals surface area contributed by atoms with Gasteiger partial charge in [0.25, 0.3) is 0 Å². The van der Waals surface area contributed by atoms with Crippen LogP contribution in [-0.2, 0) is 9.63 Å². The average molecular weight is 202 g/mol. The average Bonchev–Trinajstić information content (AvgIpc) is 2.18. The Bertz CT molecular complexity index is 187. The van der Waals surface area contributed by atoms with Gasteiger partial charge in [-0.3, -0.25) is 9.63 Å². The normalized spacial score (nSPS) is 27.3. The Morgan fingerprint density at radius 2 is 2.36 bits per heavy atom. The standard InChI is InChI=1S/C9H18N2O3/c10-8-3-1-2-7(6-8)9(13)11-14-5-4-12/h7-8,12H,1-6,10H2,(H,11,13). The van der Waals surface area contributed by atoms with Crippen LogP contribution in [0.25, 0.3) is 0 Å². The van der Waals surface area contributed by atoms with E-state index in [0.717, 1.165) is 25.7 Å². The third-order valence-electron chi connectivity index (χ3n) is 2.45. The molecular weight excluding hydrogens is 184 g/mol. The van der Waals surface area contributed by atoms with E-state index in [1.165, 1.54) is 0 Å². The minimum absolute atomic E-state index is 0.0301. The summed E-state index contributed by atoms with van der Waals surface area (Å²) in [6.07, 6.45) is 3.61. The maximum atomic E-state index is 11.4. The Labute approximate surface area is 83.6 Å². The molecular formula is C9H18N2O3. The molecule has 1 rings (SSSR count). The molecule has 0 aromatic rings. The fraction of sp³-hybridized carbons (Fsp3) is 0.889. The maximum absolute atomic E-state index is 11.4. The third kappa shape index (κ3) is 3.61. The van der Waals surface area contributed by atoms with Crippen LogP contribution in [0.2, 0.25) is 0 Å². The molecule has 0 aromatic carbocycles. The van der Waals surface area contributed by atoms with E-state index < -0.39 is 0 Å². The molecule has 5 nitrogen and oxygen atoms in total. The maximum Gasteiger partial charge on any atom is 0.246 e. The number of amides is 1. The zero-order valence-corrected chi connectivity index (χ0v) is 8.24. The lowest BCUT2D eigenvalue weighted by Crippen LogP contribution is -2.38. The molecule has 2 unspecified atom stereocenters.